The Kier molecular flexibility index (Phi) is 6.45. The van der Waals surface area contributed by atoms with E-state index in [4.69, 9.17) is 13.9 Å². The van der Waals surface area contributed by atoms with Crippen molar-refractivity contribution in [3.05, 3.63) is 70.1 Å². The fourth-order valence-electron chi connectivity index (χ4n) is 2.86. The average molecular weight is 381 g/mol. The average Bonchev–Trinajstić information content (AvgIpc) is 2.71. The third-order valence-electron chi connectivity index (χ3n) is 4.37. The zero-order valence-corrected chi connectivity index (χ0v) is 16.0. The van der Waals surface area contributed by atoms with Crippen molar-refractivity contribution in [2.75, 3.05) is 20.3 Å². The first-order valence-electron chi connectivity index (χ1n) is 9.07. The van der Waals surface area contributed by atoms with Crippen molar-refractivity contribution < 1.29 is 19.0 Å². The minimum atomic E-state index is -0.590. The van der Waals surface area contributed by atoms with Crippen LogP contribution in [0.15, 0.2) is 62.7 Å². The van der Waals surface area contributed by atoms with Crippen molar-refractivity contribution in [3.8, 4) is 11.5 Å². The Balaban J connectivity index is 1.54. The molecule has 0 atom stereocenters. The highest BCUT2D eigenvalue weighted by Crippen LogP contribution is 2.26. The van der Waals surface area contributed by atoms with Crippen LogP contribution < -0.4 is 10.4 Å². The number of rotatable bonds is 8. The van der Waals surface area contributed by atoms with Gasteiger partial charge in [-0.3, -0.25) is 4.99 Å². The summed E-state index contributed by atoms with van der Waals surface area (Å²) in [6, 6.07) is 14.6. The summed E-state index contributed by atoms with van der Waals surface area (Å²) in [4.78, 5) is 16.6. The molecular formula is C22H23NO5. The van der Waals surface area contributed by atoms with Gasteiger partial charge in [0.25, 0.3) is 0 Å². The maximum absolute atomic E-state index is 12.2. The molecule has 6 nitrogen and oxygen atoms in total. The van der Waals surface area contributed by atoms with Crippen LogP contribution in [0.1, 0.15) is 24.5 Å². The van der Waals surface area contributed by atoms with E-state index in [0.29, 0.717) is 42.9 Å². The summed E-state index contributed by atoms with van der Waals surface area (Å²) in [5.74, 6) is 0.721. The highest BCUT2D eigenvalue weighted by Gasteiger charge is 2.15. The number of aromatic hydroxyl groups is 1. The third-order valence-corrected chi connectivity index (χ3v) is 4.37. The van der Waals surface area contributed by atoms with Gasteiger partial charge in [-0.1, -0.05) is 24.3 Å². The summed E-state index contributed by atoms with van der Waals surface area (Å²) in [6.07, 6.45) is 0.702. The second-order valence-electron chi connectivity index (χ2n) is 6.33. The molecule has 0 spiro atoms. The Hall–Kier alpha value is -3.12. The summed E-state index contributed by atoms with van der Waals surface area (Å²) >= 11 is 0. The van der Waals surface area contributed by atoms with Gasteiger partial charge in [-0.25, -0.2) is 4.79 Å². The SMILES string of the molecule is COc1ccc(COCCCN=C(C)c2c(O)c3ccccc3oc2=O)cc1. The summed E-state index contributed by atoms with van der Waals surface area (Å²) in [5, 5.41) is 10.9. The molecule has 0 aliphatic heterocycles. The molecule has 28 heavy (non-hydrogen) atoms. The highest BCUT2D eigenvalue weighted by molar-refractivity contribution is 6.04. The van der Waals surface area contributed by atoms with Crippen molar-refractivity contribution >= 4 is 16.7 Å². The van der Waals surface area contributed by atoms with Crippen LogP contribution in [0, 0.1) is 0 Å². The highest BCUT2D eigenvalue weighted by atomic mass is 16.5. The maximum Gasteiger partial charge on any atom is 0.349 e. The first-order valence-corrected chi connectivity index (χ1v) is 9.07. The number of hydrogen-bond acceptors (Lipinski definition) is 6. The number of benzene rings is 2. The molecule has 0 bridgehead atoms. The quantitative estimate of drug-likeness (QED) is 0.363. The van der Waals surface area contributed by atoms with Crippen LogP contribution in [0.3, 0.4) is 0 Å². The fraction of sp³-hybridized carbons (Fsp3) is 0.273. The van der Waals surface area contributed by atoms with Gasteiger partial charge in [0, 0.05) is 13.2 Å². The molecule has 0 aliphatic rings. The van der Waals surface area contributed by atoms with Gasteiger partial charge >= 0.3 is 5.63 Å². The second kappa shape index (κ2) is 9.19. The van der Waals surface area contributed by atoms with Crippen LogP contribution in [0.5, 0.6) is 11.5 Å². The van der Waals surface area contributed by atoms with Crippen molar-refractivity contribution in [1.29, 1.82) is 0 Å². The van der Waals surface area contributed by atoms with Crippen LogP contribution in [-0.2, 0) is 11.3 Å². The lowest BCUT2D eigenvalue weighted by atomic mass is 10.1. The monoisotopic (exact) mass is 381 g/mol. The van der Waals surface area contributed by atoms with Crippen LogP contribution >= 0.6 is 0 Å². The normalized spacial score (nSPS) is 11.7. The lowest BCUT2D eigenvalue weighted by molar-refractivity contribution is 0.120. The van der Waals surface area contributed by atoms with E-state index in [2.05, 4.69) is 4.99 Å². The van der Waals surface area contributed by atoms with Gasteiger partial charge in [0.2, 0.25) is 0 Å². The lowest BCUT2D eigenvalue weighted by Gasteiger charge is -2.07. The number of hydrogen-bond donors (Lipinski definition) is 1. The Labute approximate surface area is 163 Å². The predicted molar refractivity (Wildman–Crippen MR) is 108 cm³/mol. The molecular weight excluding hydrogens is 358 g/mol. The van der Waals surface area contributed by atoms with E-state index in [1.165, 1.54) is 0 Å². The maximum atomic E-state index is 12.2. The Bertz CT molecular complexity index is 1020. The molecule has 146 valence electrons. The number of para-hydroxylation sites is 1. The molecule has 0 amide bonds. The van der Waals surface area contributed by atoms with Gasteiger partial charge in [0.1, 0.15) is 22.6 Å². The topological polar surface area (TPSA) is 81.3 Å². The van der Waals surface area contributed by atoms with E-state index >= 15 is 0 Å². The predicted octanol–water partition coefficient (Wildman–Crippen LogP) is 3.92. The van der Waals surface area contributed by atoms with E-state index in [9.17, 15) is 9.90 Å². The molecule has 1 aromatic heterocycles. The van der Waals surface area contributed by atoms with Crippen molar-refractivity contribution in [1.82, 2.24) is 0 Å². The molecule has 0 saturated carbocycles. The summed E-state index contributed by atoms with van der Waals surface area (Å²) in [7, 11) is 1.63. The van der Waals surface area contributed by atoms with Crippen LogP contribution in [0.25, 0.3) is 11.0 Å². The van der Waals surface area contributed by atoms with E-state index < -0.39 is 5.63 Å². The minimum Gasteiger partial charge on any atom is -0.506 e. The van der Waals surface area contributed by atoms with Gasteiger partial charge in [0.05, 0.1) is 24.8 Å². The smallest absolute Gasteiger partial charge is 0.349 e. The van der Waals surface area contributed by atoms with Crippen molar-refractivity contribution in [2.24, 2.45) is 4.99 Å². The van der Waals surface area contributed by atoms with Gasteiger partial charge in [-0.2, -0.15) is 0 Å². The molecule has 3 rings (SSSR count). The molecule has 1 heterocycles. The van der Waals surface area contributed by atoms with Crippen LogP contribution in [0.2, 0.25) is 0 Å². The molecule has 1 N–H and O–H groups in total. The van der Waals surface area contributed by atoms with Gasteiger partial charge in [0.15, 0.2) is 0 Å². The molecule has 0 aliphatic carbocycles. The van der Waals surface area contributed by atoms with Gasteiger partial charge in [-0.15, -0.1) is 0 Å². The first kappa shape index (κ1) is 19.6. The standard InChI is InChI=1S/C22H23NO5/c1-15(20-21(24)18-6-3-4-7-19(18)28-22(20)25)23-12-5-13-27-14-16-8-10-17(26-2)11-9-16/h3-4,6-11,24H,5,12-14H2,1-2H3. The zero-order valence-electron chi connectivity index (χ0n) is 16.0. The molecule has 0 radical (unpaired) electrons. The van der Waals surface area contributed by atoms with E-state index in [1.807, 2.05) is 24.3 Å². The Morgan fingerprint density at radius 2 is 1.89 bits per heavy atom. The zero-order chi connectivity index (χ0) is 19.9. The van der Waals surface area contributed by atoms with Gasteiger partial charge in [-0.05, 0) is 43.2 Å². The summed E-state index contributed by atoms with van der Waals surface area (Å²) < 4.78 is 16.0. The minimum absolute atomic E-state index is 0.0937. The molecule has 6 heteroatoms. The van der Waals surface area contributed by atoms with Crippen LogP contribution in [0.4, 0.5) is 0 Å². The second-order valence-corrected chi connectivity index (χ2v) is 6.33. The number of fused-ring (bicyclic) bond motifs is 1. The molecule has 3 aromatic rings. The van der Waals surface area contributed by atoms with Crippen molar-refractivity contribution in [2.45, 2.75) is 20.0 Å². The number of ether oxygens (including phenoxy) is 2. The van der Waals surface area contributed by atoms with Crippen LogP contribution in [-0.4, -0.2) is 31.1 Å². The summed E-state index contributed by atoms with van der Waals surface area (Å²) in [6.45, 7) is 3.24. The summed E-state index contributed by atoms with van der Waals surface area (Å²) in [5.41, 5.74) is 1.39. The molecule has 0 saturated heterocycles. The third kappa shape index (κ3) is 4.58. The molecule has 2 aromatic carbocycles. The first-order chi connectivity index (χ1) is 13.6. The Morgan fingerprint density at radius 1 is 1.14 bits per heavy atom. The Morgan fingerprint density at radius 3 is 2.64 bits per heavy atom. The molecule has 0 fully saturated rings. The lowest BCUT2D eigenvalue weighted by Crippen LogP contribution is -2.13. The van der Waals surface area contributed by atoms with E-state index in [0.717, 1.165) is 11.3 Å². The van der Waals surface area contributed by atoms with Gasteiger partial charge < -0.3 is 19.0 Å². The fourth-order valence-corrected chi connectivity index (χ4v) is 2.86. The van der Waals surface area contributed by atoms with Crippen molar-refractivity contribution in [3.63, 3.8) is 0 Å². The molecule has 0 unspecified atom stereocenters. The number of methoxy groups -OCH3 is 1. The number of nitrogens with zero attached hydrogens (tertiary/aromatic N) is 1. The largest absolute Gasteiger partial charge is 0.506 e. The van der Waals surface area contributed by atoms with E-state index in [-0.39, 0.29) is 11.3 Å². The van der Waals surface area contributed by atoms with E-state index in [1.54, 1.807) is 38.3 Å². The number of aliphatic imine (C=N–C) groups is 1.